The van der Waals surface area contributed by atoms with Crippen LogP contribution in [0.2, 0.25) is 0 Å². The third-order valence-electron chi connectivity index (χ3n) is 2.35. The van der Waals surface area contributed by atoms with Gasteiger partial charge in [-0.2, -0.15) is 0 Å². The summed E-state index contributed by atoms with van der Waals surface area (Å²) >= 11 is 0. The molecule has 0 saturated carbocycles. The summed E-state index contributed by atoms with van der Waals surface area (Å²) in [5.74, 6) is 0. The zero-order valence-corrected chi connectivity index (χ0v) is 9.49. The van der Waals surface area contributed by atoms with E-state index in [4.69, 9.17) is 0 Å². The molecule has 68 valence electrons. The molecule has 0 aromatic rings. The van der Waals surface area contributed by atoms with Crippen molar-refractivity contribution in [3.8, 4) is 0 Å². The Morgan fingerprint density at radius 1 is 1.42 bits per heavy atom. The molecule has 0 aliphatic heterocycles. The Morgan fingerprint density at radius 2 is 2.08 bits per heavy atom. The van der Waals surface area contributed by atoms with Gasteiger partial charge in [-0.15, -0.1) is 7.92 Å². The molecule has 0 heterocycles. The molecule has 0 fully saturated rings. The zero-order chi connectivity index (χ0) is 9.19. The summed E-state index contributed by atoms with van der Waals surface area (Å²) < 4.78 is 0. The van der Waals surface area contributed by atoms with Crippen molar-refractivity contribution in [2.24, 2.45) is 5.41 Å². The minimum atomic E-state index is 0.227. The van der Waals surface area contributed by atoms with Gasteiger partial charge in [0.05, 0.1) is 0 Å². The van der Waals surface area contributed by atoms with Crippen LogP contribution >= 0.6 is 7.92 Å². The average molecular weight is 182 g/mol. The molecule has 12 heavy (non-hydrogen) atoms. The topological polar surface area (TPSA) is 0 Å². The quantitative estimate of drug-likeness (QED) is 0.584. The van der Waals surface area contributed by atoms with Gasteiger partial charge in [-0.1, -0.05) is 37.6 Å². The van der Waals surface area contributed by atoms with Crippen molar-refractivity contribution in [2.45, 2.75) is 20.3 Å². The molecule has 0 atom stereocenters. The third kappa shape index (κ3) is 2.45. The second-order valence-corrected chi connectivity index (χ2v) is 6.92. The summed E-state index contributed by atoms with van der Waals surface area (Å²) in [6.07, 6.45) is 9.26. The predicted octanol–water partition coefficient (Wildman–Crippen LogP) is 3.64. The number of rotatable bonds is 3. The summed E-state index contributed by atoms with van der Waals surface area (Å²) in [4.78, 5) is 0. The lowest BCUT2D eigenvalue weighted by Crippen LogP contribution is -2.17. The van der Waals surface area contributed by atoms with Gasteiger partial charge in [-0.05, 0) is 31.3 Å². The summed E-state index contributed by atoms with van der Waals surface area (Å²) in [6, 6.07) is 0. The number of hydrogen-bond acceptors (Lipinski definition) is 0. The summed E-state index contributed by atoms with van der Waals surface area (Å²) in [7, 11) is 0.227. The zero-order valence-electron chi connectivity index (χ0n) is 8.59. The maximum Gasteiger partial charge on any atom is -0.00994 e. The lowest BCUT2D eigenvalue weighted by atomic mass is 9.85. The maximum atomic E-state index is 2.37. The molecule has 0 N–H and O–H groups in total. The van der Waals surface area contributed by atoms with E-state index in [9.17, 15) is 0 Å². The largest absolute Gasteiger partial charge is 0.112 e. The fraction of sp³-hybridized carbons (Fsp3) is 0.636. The normalized spacial score (nSPS) is 17.2. The Balaban J connectivity index is 2.59. The van der Waals surface area contributed by atoms with Gasteiger partial charge in [0.25, 0.3) is 0 Å². The Labute approximate surface area is 77.5 Å². The van der Waals surface area contributed by atoms with E-state index in [2.05, 4.69) is 45.4 Å². The van der Waals surface area contributed by atoms with Gasteiger partial charge in [0.15, 0.2) is 0 Å². The van der Waals surface area contributed by atoms with Crippen molar-refractivity contribution in [3.63, 3.8) is 0 Å². The molecule has 1 heteroatoms. The molecule has 1 aliphatic rings. The van der Waals surface area contributed by atoms with Crippen molar-refractivity contribution in [2.75, 3.05) is 19.5 Å². The van der Waals surface area contributed by atoms with Gasteiger partial charge in [-0.3, -0.25) is 0 Å². The van der Waals surface area contributed by atoms with Gasteiger partial charge in [-0.25, -0.2) is 0 Å². The van der Waals surface area contributed by atoms with Crippen LogP contribution in [0.25, 0.3) is 0 Å². The van der Waals surface area contributed by atoms with E-state index < -0.39 is 0 Å². The van der Waals surface area contributed by atoms with E-state index in [0.717, 1.165) is 0 Å². The Hall–Kier alpha value is -0.0900. The lowest BCUT2D eigenvalue weighted by molar-refractivity contribution is 0.505. The molecule has 0 unspecified atom stereocenters. The molecule has 0 nitrogen and oxygen atoms in total. The van der Waals surface area contributed by atoms with E-state index in [-0.39, 0.29) is 7.92 Å². The molecule has 1 rings (SSSR count). The standard InChI is InChI=1S/C11H19P/c1-11(2,9-12(3)4)10-7-5-6-8-10/h5-7H,8-9H2,1-4H3. The van der Waals surface area contributed by atoms with Gasteiger partial charge in [0, 0.05) is 0 Å². The molecule has 1 aliphatic carbocycles. The van der Waals surface area contributed by atoms with Crippen LogP contribution in [0.3, 0.4) is 0 Å². The molecule has 0 saturated heterocycles. The Morgan fingerprint density at radius 3 is 2.50 bits per heavy atom. The third-order valence-corrected chi connectivity index (χ3v) is 3.78. The first-order valence-electron chi connectivity index (χ1n) is 4.53. The van der Waals surface area contributed by atoms with Crippen molar-refractivity contribution >= 4 is 7.92 Å². The minimum absolute atomic E-state index is 0.227. The van der Waals surface area contributed by atoms with Crippen LogP contribution in [0.4, 0.5) is 0 Å². The molecular formula is C11H19P. The summed E-state index contributed by atoms with van der Waals surface area (Å²) in [6.45, 7) is 9.46. The summed E-state index contributed by atoms with van der Waals surface area (Å²) in [5, 5.41) is 0. The molecule has 0 aromatic carbocycles. The number of allylic oxidation sites excluding steroid dienone is 4. The fourth-order valence-electron chi connectivity index (χ4n) is 1.84. The van der Waals surface area contributed by atoms with Crippen LogP contribution in [0.5, 0.6) is 0 Å². The van der Waals surface area contributed by atoms with Crippen LogP contribution in [0.1, 0.15) is 20.3 Å². The first kappa shape index (κ1) is 9.99. The monoisotopic (exact) mass is 182 g/mol. The van der Waals surface area contributed by atoms with Crippen LogP contribution in [-0.2, 0) is 0 Å². The van der Waals surface area contributed by atoms with Gasteiger partial charge in [0.1, 0.15) is 0 Å². The SMILES string of the molecule is CP(C)CC(C)(C)C1=CC=CC1. The van der Waals surface area contributed by atoms with Crippen molar-refractivity contribution in [3.05, 3.63) is 23.8 Å². The van der Waals surface area contributed by atoms with E-state index in [1.54, 1.807) is 5.57 Å². The average Bonchev–Trinajstić information content (AvgIpc) is 2.32. The first-order chi connectivity index (χ1) is 5.52. The van der Waals surface area contributed by atoms with E-state index >= 15 is 0 Å². The predicted molar refractivity (Wildman–Crippen MR) is 59.3 cm³/mol. The van der Waals surface area contributed by atoms with Gasteiger partial charge >= 0.3 is 0 Å². The van der Waals surface area contributed by atoms with Crippen LogP contribution in [0.15, 0.2) is 23.8 Å². The van der Waals surface area contributed by atoms with Crippen LogP contribution in [-0.4, -0.2) is 19.5 Å². The molecule has 0 amide bonds. The van der Waals surface area contributed by atoms with Crippen molar-refractivity contribution in [1.82, 2.24) is 0 Å². The Kier molecular flexibility index (Phi) is 3.12. The molecule has 0 radical (unpaired) electrons. The van der Waals surface area contributed by atoms with Crippen molar-refractivity contribution < 1.29 is 0 Å². The second kappa shape index (κ2) is 3.75. The highest BCUT2D eigenvalue weighted by Gasteiger charge is 2.24. The highest BCUT2D eigenvalue weighted by atomic mass is 31.1. The van der Waals surface area contributed by atoms with E-state index in [1.807, 2.05) is 0 Å². The fourth-order valence-corrected chi connectivity index (χ4v) is 3.63. The summed E-state index contributed by atoms with van der Waals surface area (Å²) in [5.41, 5.74) is 2.04. The lowest BCUT2D eigenvalue weighted by Gasteiger charge is -2.28. The maximum absolute atomic E-state index is 2.37. The number of hydrogen-bond donors (Lipinski definition) is 0. The molecular weight excluding hydrogens is 163 g/mol. The highest BCUT2D eigenvalue weighted by Crippen LogP contribution is 2.41. The van der Waals surface area contributed by atoms with E-state index in [1.165, 1.54) is 12.6 Å². The van der Waals surface area contributed by atoms with Crippen LogP contribution < -0.4 is 0 Å². The highest BCUT2D eigenvalue weighted by molar-refractivity contribution is 7.56. The molecule has 0 bridgehead atoms. The van der Waals surface area contributed by atoms with E-state index in [0.29, 0.717) is 5.41 Å². The molecule has 0 spiro atoms. The first-order valence-corrected chi connectivity index (χ1v) is 6.95. The minimum Gasteiger partial charge on any atom is -0.112 e. The van der Waals surface area contributed by atoms with Gasteiger partial charge < -0.3 is 0 Å². The smallest absolute Gasteiger partial charge is 0.00994 e. The van der Waals surface area contributed by atoms with Gasteiger partial charge in [0.2, 0.25) is 0 Å². The van der Waals surface area contributed by atoms with Crippen molar-refractivity contribution in [1.29, 1.82) is 0 Å². The second-order valence-electron chi connectivity index (χ2n) is 4.45. The Bertz CT molecular complexity index is 209. The van der Waals surface area contributed by atoms with Crippen LogP contribution in [0, 0.1) is 5.41 Å². The molecule has 0 aromatic heterocycles.